The minimum atomic E-state index is -3.09. The Morgan fingerprint density at radius 1 is 1.30 bits per heavy atom. The average Bonchev–Trinajstić information content (AvgIpc) is 2.88. The van der Waals surface area contributed by atoms with Crippen molar-refractivity contribution in [2.75, 3.05) is 19.3 Å². The van der Waals surface area contributed by atoms with Crippen LogP contribution >= 0.6 is 0 Å². The highest BCUT2D eigenvalue weighted by Gasteiger charge is 2.26. The van der Waals surface area contributed by atoms with Crippen molar-refractivity contribution in [3.63, 3.8) is 0 Å². The molecule has 0 spiro atoms. The second-order valence-corrected chi connectivity index (χ2v) is 6.98. The zero-order valence-electron chi connectivity index (χ0n) is 11.3. The van der Waals surface area contributed by atoms with E-state index in [0.29, 0.717) is 25.9 Å². The van der Waals surface area contributed by atoms with Crippen molar-refractivity contribution in [1.29, 1.82) is 0 Å². The van der Waals surface area contributed by atoms with Gasteiger partial charge in [-0.25, -0.2) is 17.7 Å². The van der Waals surface area contributed by atoms with Crippen molar-refractivity contribution in [1.82, 2.24) is 13.7 Å². The molecule has 0 aromatic carbocycles. The van der Waals surface area contributed by atoms with Crippen molar-refractivity contribution in [3.05, 3.63) is 30.6 Å². The summed E-state index contributed by atoms with van der Waals surface area (Å²) < 4.78 is 32.3. The van der Waals surface area contributed by atoms with Crippen LogP contribution in [0.1, 0.15) is 12.8 Å². The first-order chi connectivity index (χ1) is 9.54. The van der Waals surface area contributed by atoms with Crippen molar-refractivity contribution in [2.24, 2.45) is 0 Å². The smallest absolute Gasteiger partial charge is 0.211 e. The maximum absolute atomic E-state index is 11.5. The summed E-state index contributed by atoms with van der Waals surface area (Å²) in [4.78, 5) is 4.21. The van der Waals surface area contributed by atoms with E-state index in [1.54, 1.807) is 6.20 Å². The van der Waals surface area contributed by atoms with Crippen molar-refractivity contribution >= 4 is 15.7 Å². The topological polar surface area (TPSA) is 63.9 Å². The molecular formula is C13H17N3O3S. The Hall–Kier alpha value is -1.60. The molecule has 0 unspecified atom stereocenters. The van der Waals surface area contributed by atoms with Crippen molar-refractivity contribution in [3.8, 4) is 5.88 Å². The molecule has 1 aliphatic rings. The summed E-state index contributed by atoms with van der Waals surface area (Å²) in [5.74, 6) is 0.748. The van der Waals surface area contributed by atoms with E-state index in [-0.39, 0.29) is 6.10 Å². The number of hydrogen-bond acceptors (Lipinski definition) is 4. The van der Waals surface area contributed by atoms with E-state index in [9.17, 15) is 8.42 Å². The van der Waals surface area contributed by atoms with Crippen molar-refractivity contribution < 1.29 is 13.2 Å². The monoisotopic (exact) mass is 295 g/mol. The zero-order chi connectivity index (χ0) is 14.2. The Bertz CT molecular complexity index is 702. The first-order valence-electron chi connectivity index (χ1n) is 6.58. The van der Waals surface area contributed by atoms with Crippen LogP contribution < -0.4 is 4.74 Å². The molecule has 1 saturated heterocycles. The number of piperidine rings is 1. The molecule has 1 aliphatic heterocycles. The molecule has 3 rings (SSSR count). The third-order valence-electron chi connectivity index (χ3n) is 3.55. The highest BCUT2D eigenvalue weighted by atomic mass is 32.2. The first kappa shape index (κ1) is 13.4. The summed E-state index contributed by atoms with van der Waals surface area (Å²) in [7, 11) is -3.09. The van der Waals surface area contributed by atoms with Gasteiger partial charge in [-0.15, -0.1) is 0 Å². The van der Waals surface area contributed by atoms with Gasteiger partial charge >= 0.3 is 0 Å². The fraction of sp³-hybridized carbons (Fsp3) is 0.462. The Balaban J connectivity index is 1.70. The normalized spacial score (nSPS) is 18.4. The third kappa shape index (κ3) is 2.64. The number of imidazole rings is 1. The Morgan fingerprint density at radius 3 is 2.75 bits per heavy atom. The minimum absolute atomic E-state index is 0.0426. The van der Waals surface area contributed by atoms with Crippen LogP contribution in [0.2, 0.25) is 0 Å². The summed E-state index contributed by atoms with van der Waals surface area (Å²) in [5, 5.41) is 0. The van der Waals surface area contributed by atoms with Crippen LogP contribution in [0, 0.1) is 0 Å². The summed E-state index contributed by atoms with van der Waals surface area (Å²) in [6.45, 7) is 1.03. The van der Waals surface area contributed by atoms with E-state index in [1.165, 1.54) is 10.6 Å². The largest absolute Gasteiger partial charge is 0.475 e. The molecule has 0 atom stereocenters. The molecule has 7 heteroatoms. The number of rotatable bonds is 3. The maximum atomic E-state index is 11.5. The van der Waals surface area contributed by atoms with Gasteiger partial charge in [-0.05, 0) is 25.0 Å². The summed E-state index contributed by atoms with van der Waals surface area (Å²) in [6.07, 6.45) is 6.29. The average molecular weight is 295 g/mol. The molecule has 0 radical (unpaired) electrons. The van der Waals surface area contributed by atoms with Gasteiger partial charge in [0.1, 0.15) is 11.8 Å². The Labute approximate surface area is 118 Å². The second kappa shape index (κ2) is 5.06. The number of hydrogen-bond donors (Lipinski definition) is 0. The maximum Gasteiger partial charge on any atom is 0.211 e. The van der Waals surface area contributed by atoms with Crippen LogP contribution in [0.5, 0.6) is 5.88 Å². The number of sulfonamides is 1. The van der Waals surface area contributed by atoms with Gasteiger partial charge in [0, 0.05) is 25.5 Å². The van der Waals surface area contributed by atoms with Gasteiger partial charge in [-0.2, -0.15) is 0 Å². The molecule has 0 saturated carbocycles. The van der Waals surface area contributed by atoms with Gasteiger partial charge in [0.15, 0.2) is 5.88 Å². The van der Waals surface area contributed by atoms with Gasteiger partial charge in [0.25, 0.3) is 0 Å². The van der Waals surface area contributed by atoms with Gasteiger partial charge in [-0.1, -0.05) is 6.07 Å². The summed E-state index contributed by atoms with van der Waals surface area (Å²) >= 11 is 0. The summed E-state index contributed by atoms with van der Waals surface area (Å²) in [6, 6.07) is 5.72. The SMILES string of the molecule is CS(=O)(=O)N1CCC(Oc2cccc3nccn23)CC1. The Kier molecular flexibility index (Phi) is 3.39. The highest BCUT2D eigenvalue weighted by molar-refractivity contribution is 7.88. The molecule has 0 aliphatic carbocycles. The Morgan fingerprint density at radius 2 is 2.05 bits per heavy atom. The molecule has 3 heterocycles. The number of aromatic nitrogens is 2. The molecule has 0 amide bonds. The lowest BCUT2D eigenvalue weighted by atomic mass is 10.1. The van der Waals surface area contributed by atoms with Gasteiger partial charge in [0.2, 0.25) is 10.0 Å². The zero-order valence-corrected chi connectivity index (χ0v) is 12.1. The van der Waals surface area contributed by atoms with Crippen LogP contribution in [-0.2, 0) is 10.0 Å². The number of pyridine rings is 1. The van der Waals surface area contributed by atoms with E-state index in [4.69, 9.17) is 4.74 Å². The van der Waals surface area contributed by atoms with E-state index < -0.39 is 10.0 Å². The standard InChI is InChI=1S/C13H17N3O3S/c1-20(17,18)15-8-5-11(6-9-15)19-13-4-2-3-12-14-7-10-16(12)13/h2-4,7,10-11H,5-6,8-9H2,1H3. The van der Waals surface area contributed by atoms with Gasteiger partial charge < -0.3 is 4.74 Å². The lowest BCUT2D eigenvalue weighted by Gasteiger charge is -2.30. The van der Waals surface area contributed by atoms with E-state index in [1.807, 2.05) is 28.8 Å². The number of fused-ring (bicyclic) bond motifs is 1. The van der Waals surface area contributed by atoms with E-state index in [0.717, 1.165) is 11.5 Å². The second-order valence-electron chi connectivity index (χ2n) is 5.00. The lowest BCUT2D eigenvalue weighted by molar-refractivity contribution is 0.128. The molecule has 0 N–H and O–H groups in total. The predicted octanol–water partition coefficient (Wildman–Crippen LogP) is 1.14. The predicted molar refractivity (Wildman–Crippen MR) is 75.3 cm³/mol. The number of nitrogens with zero attached hydrogens (tertiary/aromatic N) is 3. The molecule has 20 heavy (non-hydrogen) atoms. The van der Waals surface area contributed by atoms with Gasteiger partial charge in [-0.3, -0.25) is 4.40 Å². The summed E-state index contributed by atoms with van der Waals surface area (Å²) in [5.41, 5.74) is 0.844. The van der Waals surface area contributed by atoms with Crippen LogP contribution in [0.15, 0.2) is 30.6 Å². The minimum Gasteiger partial charge on any atom is -0.475 e. The van der Waals surface area contributed by atoms with Gasteiger partial charge in [0.05, 0.1) is 6.26 Å². The van der Waals surface area contributed by atoms with Crippen molar-refractivity contribution in [2.45, 2.75) is 18.9 Å². The molecule has 1 fully saturated rings. The third-order valence-corrected chi connectivity index (χ3v) is 4.85. The molecule has 6 nitrogen and oxygen atoms in total. The molecule has 0 bridgehead atoms. The van der Waals surface area contributed by atoms with E-state index in [2.05, 4.69) is 4.98 Å². The first-order valence-corrected chi connectivity index (χ1v) is 8.43. The number of ether oxygens (including phenoxy) is 1. The lowest BCUT2D eigenvalue weighted by Crippen LogP contribution is -2.41. The quantitative estimate of drug-likeness (QED) is 0.851. The van der Waals surface area contributed by atoms with Crippen LogP contribution in [0.4, 0.5) is 0 Å². The fourth-order valence-corrected chi connectivity index (χ4v) is 3.34. The fourth-order valence-electron chi connectivity index (χ4n) is 2.47. The molecule has 2 aromatic heterocycles. The van der Waals surface area contributed by atoms with Crippen LogP contribution in [0.25, 0.3) is 5.65 Å². The van der Waals surface area contributed by atoms with Crippen LogP contribution in [0.3, 0.4) is 0 Å². The molecule has 2 aromatic rings. The molecule has 108 valence electrons. The van der Waals surface area contributed by atoms with Crippen LogP contribution in [-0.4, -0.2) is 47.6 Å². The highest BCUT2D eigenvalue weighted by Crippen LogP contribution is 2.21. The van der Waals surface area contributed by atoms with E-state index >= 15 is 0 Å². The molecular weight excluding hydrogens is 278 g/mol.